The van der Waals surface area contributed by atoms with Crippen molar-refractivity contribution in [2.75, 3.05) is 5.32 Å². The van der Waals surface area contributed by atoms with Crippen molar-refractivity contribution < 1.29 is 9.53 Å². The van der Waals surface area contributed by atoms with Crippen molar-refractivity contribution in [1.29, 1.82) is 0 Å². The first kappa shape index (κ1) is 27.2. The Bertz CT molecular complexity index is 1290. The van der Waals surface area contributed by atoms with Gasteiger partial charge in [-0.05, 0) is 84.6 Å². The number of hydrogen-bond donors (Lipinski definition) is 3. The average Bonchev–Trinajstić information content (AvgIpc) is 3.38. The predicted molar refractivity (Wildman–Crippen MR) is 152 cm³/mol. The summed E-state index contributed by atoms with van der Waals surface area (Å²) < 4.78 is 7.81. The van der Waals surface area contributed by atoms with Gasteiger partial charge in [-0.15, -0.1) is 9.73 Å². The third-order valence-electron chi connectivity index (χ3n) is 8.12. The Kier molecular flexibility index (Phi) is 7.12. The number of hydrogen-bond acceptors (Lipinski definition) is 5. The number of aromatic nitrogens is 4. The fourth-order valence-corrected chi connectivity index (χ4v) is 6.90. The van der Waals surface area contributed by atoms with E-state index in [-0.39, 0.29) is 28.5 Å². The maximum Gasteiger partial charge on any atom is 0.253 e. The first-order valence-corrected chi connectivity index (χ1v) is 14.2. The van der Waals surface area contributed by atoms with Crippen LogP contribution in [0.4, 0.5) is 5.69 Å². The van der Waals surface area contributed by atoms with Crippen LogP contribution in [0.1, 0.15) is 92.2 Å². The zero-order valence-electron chi connectivity index (χ0n) is 23.4. The van der Waals surface area contributed by atoms with E-state index in [2.05, 4.69) is 55.3 Å². The summed E-state index contributed by atoms with van der Waals surface area (Å²) in [5.74, 6) is 0.527. The summed E-state index contributed by atoms with van der Waals surface area (Å²) in [6.45, 7) is 12.8. The van der Waals surface area contributed by atoms with Crippen LogP contribution < -0.4 is 10.6 Å². The fraction of sp³-hybridized carbons (Fsp3) is 0.621. The van der Waals surface area contributed by atoms with Gasteiger partial charge in [0, 0.05) is 27.7 Å². The van der Waals surface area contributed by atoms with Crippen molar-refractivity contribution >= 4 is 28.8 Å². The second-order valence-electron chi connectivity index (χ2n) is 12.9. The number of halogens is 1. The third-order valence-corrected chi connectivity index (χ3v) is 8.47. The van der Waals surface area contributed by atoms with Crippen molar-refractivity contribution in [2.24, 2.45) is 0 Å². The van der Waals surface area contributed by atoms with Crippen molar-refractivity contribution in [2.45, 2.75) is 115 Å². The molecule has 2 aliphatic rings. The molecule has 5 rings (SSSR count). The fourth-order valence-electron chi connectivity index (χ4n) is 6.51. The van der Waals surface area contributed by atoms with E-state index in [0.717, 1.165) is 42.6 Å². The topological polar surface area (TPSA) is 96.3 Å². The number of H-pyrrole nitrogens is 1. The molecule has 0 bridgehead atoms. The van der Waals surface area contributed by atoms with E-state index in [9.17, 15) is 4.79 Å². The van der Waals surface area contributed by atoms with Crippen molar-refractivity contribution in [3.8, 4) is 11.4 Å². The van der Waals surface area contributed by atoms with E-state index in [1.165, 1.54) is 19.3 Å². The zero-order valence-corrected chi connectivity index (χ0v) is 24.2. The normalized spacial score (nSPS) is 21.9. The number of benzene rings is 1. The van der Waals surface area contributed by atoms with E-state index in [4.69, 9.17) is 21.4 Å². The monoisotopic (exact) mass is 540 g/mol. The SMILES string of the molecule is CC(OC1CC(C)(C)NC(C)(C)C1)C(=O)Nc1ccc(-c2nn3nc(C4(C)CCCCC4)c(Cl)c3[nH]2)cc1. The molecule has 9 heteroatoms. The molecule has 2 fully saturated rings. The van der Waals surface area contributed by atoms with E-state index in [1.807, 2.05) is 31.2 Å². The summed E-state index contributed by atoms with van der Waals surface area (Å²) >= 11 is 6.78. The summed E-state index contributed by atoms with van der Waals surface area (Å²) in [6, 6.07) is 7.60. The third kappa shape index (κ3) is 5.63. The maximum absolute atomic E-state index is 12.9. The van der Waals surface area contributed by atoms with Crippen LogP contribution in [0, 0.1) is 0 Å². The molecule has 1 unspecified atom stereocenters. The summed E-state index contributed by atoms with van der Waals surface area (Å²) in [4.78, 5) is 16.2. The van der Waals surface area contributed by atoms with E-state index in [1.54, 1.807) is 4.63 Å². The Balaban J connectivity index is 1.23. The van der Waals surface area contributed by atoms with Crippen LogP contribution in [0.15, 0.2) is 24.3 Å². The molecule has 1 aliphatic heterocycles. The first-order chi connectivity index (χ1) is 17.8. The highest BCUT2D eigenvalue weighted by atomic mass is 35.5. The molecule has 38 heavy (non-hydrogen) atoms. The van der Waals surface area contributed by atoms with E-state index < -0.39 is 6.10 Å². The van der Waals surface area contributed by atoms with Crippen LogP contribution in [0.5, 0.6) is 0 Å². The number of anilines is 1. The number of fused-ring (bicyclic) bond motifs is 1. The second kappa shape index (κ2) is 9.96. The van der Waals surface area contributed by atoms with Gasteiger partial charge in [-0.1, -0.05) is 37.8 Å². The molecule has 1 aromatic carbocycles. The summed E-state index contributed by atoms with van der Waals surface area (Å²) in [6.07, 6.45) is 7.09. The molecular weight excluding hydrogens is 500 g/mol. The van der Waals surface area contributed by atoms with Crippen molar-refractivity contribution in [3.05, 3.63) is 35.0 Å². The lowest BCUT2D eigenvalue weighted by molar-refractivity contribution is -0.133. The van der Waals surface area contributed by atoms with Crippen molar-refractivity contribution in [3.63, 3.8) is 0 Å². The van der Waals surface area contributed by atoms with Gasteiger partial charge in [0.25, 0.3) is 5.91 Å². The number of nitrogens with one attached hydrogen (secondary N) is 3. The minimum absolute atomic E-state index is 0.00499. The highest BCUT2D eigenvalue weighted by Gasteiger charge is 2.39. The molecule has 1 atom stereocenters. The van der Waals surface area contributed by atoms with Crippen LogP contribution in [0.25, 0.3) is 17.0 Å². The second-order valence-corrected chi connectivity index (χ2v) is 13.2. The molecule has 3 heterocycles. The first-order valence-electron chi connectivity index (χ1n) is 13.9. The number of piperidine rings is 1. The summed E-state index contributed by atoms with van der Waals surface area (Å²) in [7, 11) is 0. The van der Waals surface area contributed by atoms with E-state index in [0.29, 0.717) is 16.5 Å². The molecule has 2 aromatic heterocycles. The lowest BCUT2D eigenvalue weighted by Gasteiger charge is -2.46. The Morgan fingerprint density at radius 2 is 1.68 bits per heavy atom. The molecule has 3 N–H and O–H groups in total. The molecule has 206 valence electrons. The number of nitrogens with zero attached hydrogens (tertiary/aromatic N) is 3. The van der Waals surface area contributed by atoms with Crippen LogP contribution in [0.3, 0.4) is 0 Å². The molecule has 1 amide bonds. The number of aromatic amines is 1. The van der Waals surface area contributed by atoms with Gasteiger partial charge in [0.15, 0.2) is 11.5 Å². The van der Waals surface area contributed by atoms with Gasteiger partial charge >= 0.3 is 0 Å². The van der Waals surface area contributed by atoms with Gasteiger partial charge < -0.3 is 20.4 Å². The zero-order chi connectivity index (χ0) is 27.3. The highest BCUT2D eigenvalue weighted by Crippen LogP contribution is 2.42. The van der Waals surface area contributed by atoms with Crippen molar-refractivity contribution in [1.82, 2.24) is 25.1 Å². The maximum atomic E-state index is 12.9. The quantitative estimate of drug-likeness (QED) is 0.343. The Morgan fingerprint density at radius 3 is 2.29 bits per heavy atom. The number of ether oxygens (including phenoxy) is 1. The average molecular weight is 541 g/mol. The van der Waals surface area contributed by atoms with Crippen LogP contribution in [0.2, 0.25) is 5.02 Å². The molecule has 8 nitrogen and oxygen atoms in total. The van der Waals surface area contributed by atoms with Gasteiger partial charge in [-0.25, -0.2) is 0 Å². The molecule has 0 spiro atoms. The number of carbonyl (C=O) groups is 1. The smallest absolute Gasteiger partial charge is 0.253 e. The molecule has 1 saturated heterocycles. The number of carbonyl (C=O) groups excluding carboxylic acids is 1. The number of rotatable bonds is 6. The lowest BCUT2D eigenvalue weighted by Crippen LogP contribution is -2.60. The Morgan fingerprint density at radius 1 is 1.05 bits per heavy atom. The standard InChI is InChI=1S/C29H41ClN6O2/c1-18(38-21-16-27(2,3)35-28(4,5)17-21)26(37)31-20-12-10-19(11-13-20)24-32-25-22(30)23(33-36(25)34-24)29(6)14-8-7-9-15-29/h10-13,18,21,35H,7-9,14-17H2,1-6H3,(H,31,37)(H,32,34). The van der Waals surface area contributed by atoms with Crippen LogP contribution in [-0.2, 0) is 14.9 Å². The lowest BCUT2D eigenvalue weighted by atomic mass is 9.73. The molecular formula is C29H41ClN6O2. The summed E-state index contributed by atoms with van der Waals surface area (Å²) in [5, 5.41) is 16.7. The van der Waals surface area contributed by atoms with Gasteiger partial charge in [0.05, 0.1) is 11.8 Å². The minimum Gasteiger partial charge on any atom is -0.365 e. The van der Waals surface area contributed by atoms with Gasteiger partial charge in [0.1, 0.15) is 11.1 Å². The Hall–Kier alpha value is -2.42. The van der Waals surface area contributed by atoms with E-state index >= 15 is 0 Å². The predicted octanol–water partition coefficient (Wildman–Crippen LogP) is 6.25. The highest BCUT2D eigenvalue weighted by molar-refractivity contribution is 6.34. The molecule has 3 aromatic rings. The van der Waals surface area contributed by atoms with Crippen LogP contribution in [-0.4, -0.2) is 49.0 Å². The van der Waals surface area contributed by atoms with Gasteiger partial charge in [-0.2, -0.15) is 5.10 Å². The molecule has 0 radical (unpaired) electrons. The number of amides is 1. The van der Waals surface area contributed by atoms with Gasteiger partial charge in [-0.3, -0.25) is 4.79 Å². The van der Waals surface area contributed by atoms with Gasteiger partial charge in [0.2, 0.25) is 0 Å². The molecule has 1 saturated carbocycles. The molecule has 1 aliphatic carbocycles. The summed E-state index contributed by atoms with van der Waals surface area (Å²) in [5.41, 5.74) is 3.19. The Labute approximate surface area is 230 Å². The largest absolute Gasteiger partial charge is 0.365 e. The minimum atomic E-state index is -0.551. The van der Waals surface area contributed by atoms with Crippen LogP contribution >= 0.6 is 11.6 Å².